The Morgan fingerprint density at radius 1 is 1.67 bits per heavy atom. The van der Waals surface area contributed by atoms with Crippen LogP contribution in [0, 0.1) is 0 Å². The first-order valence-electron chi connectivity index (χ1n) is 5.40. The second-order valence-corrected chi connectivity index (χ2v) is 4.50. The topological polar surface area (TPSA) is 32.3 Å². The summed E-state index contributed by atoms with van der Waals surface area (Å²) in [7, 11) is 0. The van der Waals surface area contributed by atoms with Gasteiger partial charge in [0.15, 0.2) is 0 Å². The maximum absolute atomic E-state index is 12.1. The van der Waals surface area contributed by atoms with Gasteiger partial charge in [0.2, 0.25) is 5.91 Å². The number of thiophene rings is 1. The van der Waals surface area contributed by atoms with Crippen molar-refractivity contribution in [3.05, 3.63) is 16.8 Å². The van der Waals surface area contributed by atoms with E-state index in [2.05, 4.69) is 5.32 Å². The van der Waals surface area contributed by atoms with Crippen LogP contribution in [0.25, 0.3) is 0 Å². The number of carbonyl (C=O) groups excluding carboxylic acids is 1. The summed E-state index contributed by atoms with van der Waals surface area (Å²) in [5.74, 6) is 0.224. The van der Waals surface area contributed by atoms with Gasteiger partial charge in [-0.1, -0.05) is 6.92 Å². The highest BCUT2D eigenvalue weighted by atomic mass is 32.1. The van der Waals surface area contributed by atoms with Crippen LogP contribution in [0.2, 0.25) is 0 Å². The molecule has 0 radical (unpaired) electrons. The van der Waals surface area contributed by atoms with Crippen LogP contribution in [0.1, 0.15) is 19.8 Å². The van der Waals surface area contributed by atoms with Crippen LogP contribution < -0.4 is 10.2 Å². The van der Waals surface area contributed by atoms with E-state index in [9.17, 15) is 4.79 Å². The molecule has 1 saturated heterocycles. The molecule has 0 bridgehead atoms. The van der Waals surface area contributed by atoms with Crippen LogP contribution in [0.5, 0.6) is 0 Å². The summed E-state index contributed by atoms with van der Waals surface area (Å²) in [6, 6.07) is 2.03. The summed E-state index contributed by atoms with van der Waals surface area (Å²) in [6.45, 7) is 3.75. The monoisotopic (exact) mass is 224 g/mol. The fourth-order valence-corrected chi connectivity index (χ4v) is 2.62. The first-order valence-corrected chi connectivity index (χ1v) is 6.34. The number of nitrogens with zero attached hydrogens (tertiary/aromatic N) is 1. The Morgan fingerprint density at radius 2 is 2.53 bits per heavy atom. The zero-order chi connectivity index (χ0) is 10.7. The maximum Gasteiger partial charge on any atom is 0.244 e. The van der Waals surface area contributed by atoms with Crippen molar-refractivity contribution in [1.82, 2.24) is 5.32 Å². The Balaban J connectivity index is 2.10. The standard InChI is InChI=1S/C11H16N2OS/c1-2-12-10-4-3-6-13(11(10)14)9-5-7-15-8-9/h5,7-8,10,12H,2-4,6H2,1H3. The highest BCUT2D eigenvalue weighted by molar-refractivity contribution is 7.08. The lowest BCUT2D eigenvalue weighted by atomic mass is 10.0. The Kier molecular flexibility index (Phi) is 3.38. The molecule has 1 unspecified atom stereocenters. The average molecular weight is 224 g/mol. The summed E-state index contributed by atoms with van der Waals surface area (Å²) < 4.78 is 0. The van der Waals surface area contributed by atoms with Crippen molar-refractivity contribution in [2.24, 2.45) is 0 Å². The van der Waals surface area contributed by atoms with E-state index in [0.717, 1.165) is 31.6 Å². The Hall–Kier alpha value is -0.870. The molecule has 2 rings (SSSR count). The van der Waals surface area contributed by atoms with Crippen molar-refractivity contribution >= 4 is 22.9 Å². The van der Waals surface area contributed by atoms with Gasteiger partial charge in [-0.25, -0.2) is 0 Å². The third-order valence-corrected chi connectivity index (χ3v) is 3.38. The summed E-state index contributed by atoms with van der Waals surface area (Å²) in [6.07, 6.45) is 2.05. The minimum Gasteiger partial charge on any atom is -0.310 e. The van der Waals surface area contributed by atoms with Crippen molar-refractivity contribution in [2.45, 2.75) is 25.8 Å². The lowest BCUT2D eigenvalue weighted by molar-refractivity contribution is -0.121. The number of amides is 1. The molecular formula is C11H16N2OS. The summed E-state index contributed by atoms with van der Waals surface area (Å²) in [5.41, 5.74) is 1.05. The molecule has 1 amide bonds. The van der Waals surface area contributed by atoms with Crippen LogP contribution in [0.15, 0.2) is 16.8 Å². The number of hydrogen-bond donors (Lipinski definition) is 1. The van der Waals surface area contributed by atoms with E-state index in [1.54, 1.807) is 11.3 Å². The number of likely N-dealkylation sites (N-methyl/N-ethyl adjacent to an activating group) is 1. The molecule has 4 heteroatoms. The van der Waals surface area contributed by atoms with Gasteiger partial charge in [0, 0.05) is 11.9 Å². The van der Waals surface area contributed by atoms with Crippen LogP contribution >= 0.6 is 11.3 Å². The van der Waals surface area contributed by atoms with Crippen molar-refractivity contribution < 1.29 is 4.79 Å². The van der Waals surface area contributed by atoms with Crippen molar-refractivity contribution in [3.8, 4) is 0 Å². The molecule has 1 aliphatic rings. The van der Waals surface area contributed by atoms with Gasteiger partial charge in [-0.05, 0) is 30.8 Å². The molecule has 82 valence electrons. The molecule has 2 heterocycles. The summed E-state index contributed by atoms with van der Waals surface area (Å²) in [5, 5.41) is 7.29. The first kappa shape index (κ1) is 10.6. The van der Waals surface area contributed by atoms with Gasteiger partial charge in [-0.15, -0.1) is 0 Å². The lowest BCUT2D eigenvalue weighted by Crippen LogP contribution is -2.50. The molecular weight excluding hydrogens is 208 g/mol. The van der Waals surface area contributed by atoms with Crippen LogP contribution in [0.4, 0.5) is 5.69 Å². The summed E-state index contributed by atoms with van der Waals surface area (Å²) >= 11 is 1.64. The Labute approximate surface area is 94.1 Å². The van der Waals surface area contributed by atoms with Crippen LogP contribution in [0.3, 0.4) is 0 Å². The van der Waals surface area contributed by atoms with E-state index in [1.165, 1.54) is 0 Å². The van der Waals surface area contributed by atoms with Gasteiger partial charge in [-0.3, -0.25) is 4.79 Å². The average Bonchev–Trinajstić information content (AvgIpc) is 2.74. The zero-order valence-corrected chi connectivity index (χ0v) is 9.72. The molecule has 1 N–H and O–H groups in total. The van der Waals surface area contributed by atoms with Crippen LogP contribution in [-0.2, 0) is 4.79 Å². The van der Waals surface area contributed by atoms with E-state index in [4.69, 9.17) is 0 Å². The molecule has 0 saturated carbocycles. The molecule has 1 aromatic rings. The molecule has 1 aromatic heterocycles. The number of hydrogen-bond acceptors (Lipinski definition) is 3. The molecule has 1 atom stereocenters. The van der Waals surface area contributed by atoms with Crippen LogP contribution in [-0.4, -0.2) is 25.0 Å². The van der Waals surface area contributed by atoms with Gasteiger partial charge in [0.25, 0.3) is 0 Å². The highest BCUT2D eigenvalue weighted by Gasteiger charge is 2.28. The fourth-order valence-electron chi connectivity index (χ4n) is 1.98. The predicted molar refractivity (Wildman–Crippen MR) is 63.4 cm³/mol. The number of piperidine rings is 1. The Bertz CT molecular complexity index is 321. The zero-order valence-electron chi connectivity index (χ0n) is 8.90. The van der Waals surface area contributed by atoms with Gasteiger partial charge in [0.05, 0.1) is 11.7 Å². The minimum absolute atomic E-state index is 0.0173. The lowest BCUT2D eigenvalue weighted by Gasteiger charge is -2.31. The van der Waals surface area contributed by atoms with E-state index >= 15 is 0 Å². The smallest absolute Gasteiger partial charge is 0.244 e. The third-order valence-electron chi connectivity index (χ3n) is 2.71. The summed E-state index contributed by atoms with van der Waals surface area (Å²) in [4.78, 5) is 14.0. The van der Waals surface area contributed by atoms with Gasteiger partial charge < -0.3 is 10.2 Å². The SMILES string of the molecule is CCNC1CCCN(c2ccsc2)C1=O. The molecule has 3 nitrogen and oxygen atoms in total. The molecule has 0 spiro atoms. The van der Waals surface area contributed by atoms with Crippen molar-refractivity contribution in [1.29, 1.82) is 0 Å². The number of nitrogens with one attached hydrogen (secondary N) is 1. The largest absolute Gasteiger partial charge is 0.310 e. The van der Waals surface area contributed by atoms with Crippen molar-refractivity contribution in [2.75, 3.05) is 18.0 Å². The molecule has 0 aromatic carbocycles. The number of rotatable bonds is 3. The third kappa shape index (κ3) is 2.21. The van der Waals surface area contributed by atoms with Crippen molar-refractivity contribution in [3.63, 3.8) is 0 Å². The number of carbonyl (C=O) groups is 1. The maximum atomic E-state index is 12.1. The molecule has 1 fully saturated rings. The van der Waals surface area contributed by atoms with E-state index in [0.29, 0.717) is 0 Å². The first-order chi connectivity index (χ1) is 7.33. The predicted octanol–water partition coefficient (Wildman–Crippen LogP) is 1.85. The molecule has 1 aliphatic heterocycles. The number of anilines is 1. The minimum atomic E-state index is 0.0173. The fraction of sp³-hybridized carbons (Fsp3) is 0.545. The second-order valence-electron chi connectivity index (χ2n) is 3.72. The van der Waals surface area contributed by atoms with Gasteiger partial charge in [0.1, 0.15) is 0 Å². The molecule has 0 aliphatic carbocycles. The van der Waals surface area contributed by atoms with Gasteiger partial charge in [-0.2, -0.15) is 11.3 Å². The second kappa shape index (κ2) is 4.77. The molecule has 15 heavy (non-hydrogen) atoms. The quantitative estimate of drug-likeness (QED) is 0.850. The van der Waals surface area contributed by atoms with Gasteiger partial charge >= 0.3 is 0 Å². The van der Waals surface area contributed by atoms with E-state index in [1.807, 2.05) is 28.7 Å². The van der Waals surface area contributed by atoms with E-state index in [-0.39, 0.29) is 11.9 Å². The highest BCUT2D eigenvalue weighted by Crippen LogP contribution is 2.23. The normalized spacial score (nSPS) is 22.1. The Morgan fingerprint density at radius 3 is 3.20 bits per heavy atom. The van der Waals surface area contributed by atoms with E-state index < -0.39 is 0 Å².